The monoisotopic (exact) mass is 428 g/mol. The number of fused-ring (bicyclic) bond motifs is 1. The first-order valence-electron chi connectivity index (χ1n) is 10.6. The minimum absolute atomic E-state index is 0.106. The van der Waals surface area contributed by atoms with E-state index in [0.29, 0.717) is 41.4 Å². The fraction of sp³-hybridized carbons (Fsp3) is 0.250. The molecule has 8 nitrogen and oxygen atoms in total. The smallest absolute Gasteiger partial charge is 0.274 e. The maximum absolute atomic E-state index is 13.2. The molecule has 162 valence electrons. The van der Waals surface area contributed by atoms with E-state index in [2.05, 4.69) is 49.3 Å². The second-order valence-electron chi connectivity index (χ2n) is 7.78. The lowest BCUT2D eigenvalue weighted by atomic mass is 10.1. The van der Waals surface area contributed by atoms with Crippen molar-refractivity contribution >= 4 is 17.1 Å². The van der Waals surface area contributed by atoms with Crippen LogP contribution in [-0.4, -0.2) is 69.2 Å². The highest BCUT2D eigenvalue weighted by Gasteiger charge is 2.24. The molecule has 2 aromatic carbocycles. The van der Waals surface area contributed by atoms with E-state index < -0.39 is 0 Å². The van der Waals surface area contributed by atoms with Crippen LogP contribution in [0.1, 0.15) is 16.1 Å². The zero-order valence-corrected chi connectivity index (χ0v) is 17.9. The second-order valence-corrected chi connectivity index (χ2v) is 7.78. The van der Waals surface area contributed by atoms with Crippen molar-refractivity contribution in [1.29, 1.82) is 0 Å². The van der Waals surface area contributed by atoms with Crippen molar-refractivity contribution in [2.75, 3.05) is 33.3 Å². The molecule has 32 heavy (non-hydrogen) atoms. The molecular weight excluding hydrogens is 404 g/mol. The zero-order valence-electron chi connectivity index (χ0n) is 17.9. The highest BCUT2D eigenvalue weighted by Crippen LogP contribution is 2.31. The molecule has 0 aliphatic carbocycles. The first kappa shape index (κ1) is 20.1. The Morgan fingerprint density at radius 3 is 2.56 bits per heavy atom. The maximum atomic E-state index is 13.2. The number of carbonyl (C=O) groups excluding carboxylic acids is 1. The van der Waals surface area contributed by atoms with Gasteiger partial charge in [-0.2, -0.15) is 5.10 Å². The highest BCUT2D eigenvalue weighted by atomic mass is 16.5. The van der Waals surface area contributed by atoms with Crippen molar-refractivity contribution in [3.05, 3.63) is 72.1 Å². The summed E-state index contributed by atoms with van der Waals surface area (Å²) in [4.78, 5) is 26.4. The van der Waals surface area contributed by atoms with Crippen molar-refractivity contribution in [2.24, 2.45) is 0 Å². The molecule has 1 N–H and O–H groups in total. The first-order valence-corrected chi connectivity index (χ1v) is 10.6. The normalized spacial score (nSPS) is 14.6. The van der Waals surface area contributed by atoms with Gasteiger partial charge in [-0.3, -0.25) is 14.8 Å². The molecule has 1 fully saturated rings. The number of benzene rings is 2. The summed E-state index contributed by atoms with van der Waals surface area (Å²) in [5, 5.41) is 7.24. The van der Waals surface area contributed by atoms with Crippen molar-refractivity contribution in [3.8, 4) is 17.0 Å². The summed E-state index contributed by atoms with van der Waals surface area (Å²) in [7, 11) is 1.62. The Kier molecular flexibility index (Phi) is 5.51. The minimum atomic E-state index is -0.106. The Morgan fingerprint density at radius 2 is 1.78 bits per heavy atom. The van der Waals surface area contributed by atoms with E-state index in [4.69, 9.17) is 4.74 Å². The van der Waals surface area contributed by atoms with Crippen LogP contribution in [0.3, 0.4) is 0 Å². The number of aromatic nitrogens is 4. The number of nitrogens with one attached hydrogen (secondary N) is 1. The van der Waals surface area contributed by atoms with Crippen LogP contribution in [0.2, 0.25) is 0 Å². The van der Waals surface area contributed by atoms with Gasteiger partial charge in [0.2, 0.25) is 0 Å². The molecule has 1 aliphatic heterocycles. The Labute approximate surface area is 185 Å². The van der Waals surface area contributed by atoms with Crippen molar-refractivity contribution in [3.63, 3.8) is 0 Å². The van der Waals surface area contributed by atoms with Gasteiger partial charge in [0.25, 0.3) is 5.91 Å². The SMILES string of the molecule is COc1ccccc1-c1[nH]nc2ncc(C(=O)N3CCN(Cc4ccccc4)CC3)nc12. The summed E-state index contributed by atoms with van der Waals surface area (Å²) >= 11 is 0. The summed E-state index contributed by atoms with van der Waals surface area (Å²) in [6.07, 6.45) is 1.51. The second kappa shape index (κ2) is 8.76. The number of rotatable bonds is 5. The number of piperazine rings is 1. The molecule has 0 saturated carbocycles. The third-order valence-corrected chi connectivity index (χ3v) is 5.77. The molecule has 0 atom stereocenters. The number of aromatic amines is 1. The van der Waals surface area contributed by atoms with Gasteiger partial charge >= 0.3 is 0 Å². The van der Waals surface area contributed by atoms with Crippen LogP contribution >= 0.6 is 0 Å². The molecule has 0 bridgehead atoms. The molecule has 0 unspecified atom stereocenters. The lowest BCUT2D eigenvalue weighted by molar-refractivity contribution is 0.0622. The standard InChI is InChI=1S/C24H24N6O2/c1-32-20-10-6-5-9-18(20)21-22-23(28-27-21)25-15-19(26-22)24(31)30-13-11-29(12-14-30)16-17-7-3-2-4-8-17/h2-10,15H,11-14,16H2,1H3,(H,25,27,28). The van der Waals surface area contributed by atoms with Crippen molar-refractivity contribution in [1.82, 2.24) is 30.0 Å². The summed E-state index contributed by atoms with van der Waals surface area (Å²) in [5.41, 5.74) is 4.15. The molecule has 1 aliphatic rings. The highest BCUT2D eigenvalue weighted by molar-refractivity contribution is 5.96. The quantitative estimate of drug-likeness (QED) is 0.526. The number of methoxy groups -OCH3 is 1. The predicted octanol–water partition coefficient (Wildman–Crippen LogP) is 2.99. The first-order chi connectivity index (χ1) is 15.7. The van der Waals surface area contributed by atoms with Gasteiger partial charge in [0.05, 0.1) is 19.0 Å². The number of nitrogens with zero attached hydrogens (tertiary/aromatic N) is 5. The van der Waals surface area contributed by atoms with Crippen LogP contribution in [0.15, 0.2) is 60.8 Å². The molecule has 0 spiro atoms. The third-order valence-electron chi connectivity index (χ3n) is 5.77. The summed E-state index contributed by atoms with van der Waals surface area (Å²) < 4.78 is 5.47. The summed E-state index contributed by atoms with van der Waals surface area (Å²) in [6.45, 7) is 3.88. The van der Waals surface area contributed by atoms with Gasteiger partial charge in [0, 0.05) is 38.3 Å². The molecule has 3 heterocycles. The molecule has 5 rings (SSSR count). The van der Waals surface area contributed by atoms with Gasteiger partial charge in [-0.25, -0.2) is 9.97 Å². The van der Waals surface area contributed by atoms with Crippen LogP contribution in [0.25, 0.3) is 22.4 Å². The van der Waals surface area contributed by atoms with E-state index in [0.717, 1.165) is 25.2 Å². The molecule has 0 radical (unpaired) electrons. The van der Waals surface area contributed by atoms with E-state index in [9.17, 15) is 4.79 Å². The number of H-pyrrole nitrogens is 1. The maximum Gasteiger partial charge on any atom is 0.274 e. The van der Waals surface area contributed by atoms with Crippen molar-refractivity contribution in [2.45, 2.75) is 6.54 Å². The lowest BCUT2D eigenvalue weighted by Crippen LogP contribution is -2.48. The van der Waals surface area contributed by atoms with Gasteiger partial charge in [-0.15, -0.1) is 0 Å². The van der Waals surface area contributed by atoms with Crippen LogP contribution in [0.4, 0.5) is 0 Å². The topological polar surface area (TPSA) is 87.2 Å². The van der Waals surface area contributed by atoms with E-state index in [1.807, 2.05) is 35.2 Å². The van der Waals surface area contributed by atoms with Crippen molar-refractivity contribution < 1.29 is 9.53 Å². The van der Waals surface area contributed by atoms with Crippen LogP contribution < -0.4 is 4.74 Å². The van der Waals surface area contributed by atoms with Crippen LogP contribution in [0, 0.1) is 0 Å². The van der Waals surface area contributed by atoms with Gasteiger partial charge < -0.3 is 9.64 Å². The molecule has 1 amide bonds. The Bertz CT molecular complexity index is 1230. The summed E-state index contributed by atoms with van der Waals surface area (Å²) in [6, 6.07) is 18.0. The molecular formula is C24H24N6O2. The molecule has 4 aromatic rings. The van der Waals surface area contributed by atoms with Gasteiger partial charge in [-0.1, -0.05) is 42.5 Å². The fourth-order valence-corrected chi connectivity index (χ4v) is 4.05. The van der Waals surface area contributed by atoms with Gasteiger partial charge in [0.15, 0.2) is 5.65 Å². The van der Waals surface area contributed by atoms with Gasteiger partial charge in [-0.05, 0) is 17.7 Å². The average molecular weight is 428 g/mol. The number of amides is 1. The number of ether oxygens (including phenoxy) is 1. The Hall–Kier alpha value is -3.78. The average Bonchev–Trinajstić information content (AvgIpc) is 3.28. The van der Waals surface area contributed by atoms with E-state index in [-0.39, 0.29) is 5.91 Å². The number of hydrogen-bond donors (Lipinski definition) is 1. The summed E-state index contributed by atoms with van der Waals surface area (Å²) in [5.74, 6) is 0.594. The fourth-order valence-electron chi connectivity index (χ4n) is 4.05. The third kappa shape index (κ3) is 3.92. The number of hydrogen-bond acceptors (Lipinski definition) is 6. The molecule has 2 aromatic heterocycles. The van der Waals surface area contributed by atoms with E-state index in [1.165, 1.54) is 11.8 Å². The largest absolute Gasteiger partial charge is 0.496 e. The predicted molar refractivity (Wildman–Crippen MR) is 121 cm³/mol. The zero-order chi connectivity index (χ0) is 21.9. The molecule has 8 heteroatoms. The Balaban J connectivity index is 1.33. The minimum Gasteiger partial charge on any atom is -0.496 e. The van der Waals surface area contributed by atoms with E-state index in [1.54, 1.807) is 7.11 Å². The Morgan fingerprint density at radius 1 is 1.03 bits per heavy atom. The van der Waals surface area contributed by atoms with Crippen LogP contribution in [0.5, 0.6) is 5.75 Å². The van der Waals surface area contributed by atoms with Gasteiger partial charge in [0.1, 0.15) is 17.0 Å². The number of para-hydroxylation sites is 1. The lowest BCUT2D eigenvalue weighted by Gasteiger charge is -2.34. The van der Waals surface area contributed by atoms with E-state index >= 15 is 0 Å². The molecule has 1 saturated heterocycles. The van der Waals surface area contributed by atoms with Crippen LogP contribution in [-0.2, 0) is 6.54 Å². The number of carbonyl (C=O) groups is 1.